The third-order valence-electron chi connectivity index (χ3n) is 8.16. The highest BCUT2D eigenvalue weighted by Gasteiger charge is 2.14. The molecule has 0 bridgehead atoms. The van der Waals surface area contributed by atoms with Gasteiger partial charge in [0.15, 0.2) is 0 Å². The highest BCUT2D eigenvalue weighted by molar-refractivity contribution is 5.98. The molecule has 204 valence electrons. The monoisotopic (exact) mass is 552 g/mol. The van der Waals surface area contributed by atoms with Crippen LogP contribution in [0.2, 0.25) is 0 Å². The number of hydrogen-bond acceptors (Lipinski definition) is 3. The molecule has 0 saturated heterocycles. The molecule has 0 spiro atoms. The van der Waals surface area contributed by atoms with Crippen LogP contribution in [0.1, 0.15) is 19.0 Å². The average molecular weight is 553 g/mol. The second kappa shape index (κ2) is 10.3. The summed E-state index contributed by atoms with van der Waals surface area (Å²) in [4.78, 5) is 14.7. The summed E-state index contributed by atoms with van der Waals surface area (Å²) in [6.07, 6.45) is 13.3. The van der Waals surface area contributed by atoms with Gasteiger partial charge in [-0.3, -0.25) is 9.38 Å². The Hall–Kier alpha value is -5.61. The smallest absolute Gasteiger partial charge is 0.145 e. The van der Waals surface area contributed by atoms with E-state index in [0.29, 0.717) is 0 Å². The van der Waals surface area contributed by atoms with Crippen molar-refractivity contribution in [3.63, 3.8) is 0 Å². The van der Waals surface area contributed by atoms with Crippen molar-refractivity contribution in [1.29, 1.82) is 0 Å². The van der Waals surface area contributed by atoms with Crippen molar-refractivity contribution in [1.82, 2.24) is 19.4 Å². The Balaban J connectivity index is 1.25. The zero-order chi connectivity index (χ0) is 28.8. The molecular formula is C39H28N4. The van der Waals surface area contributed by atoms with Crippen molar-refractivity contribution in [3.8, 4) is 33.6 Å². The van der Waals surface area contributed by atoms with Crippen molar-refractivity contribution in [2.24, 2.45) is 0 Å². The van der Waals surface area contributed by atoms with E-state index in [1.54, 1.807) is 0 Å². The minimum Gasteiger partial charge on any atom is -0.299 e. The third-order valence-corrected chi connectivity index (χ3v) is 8.16. The van der Waals surface area contributed by atoms with Gasteiger partial charge in [-0.05, 0) is 95.1 Å². The van der Waals surface area contributed by atoms with Crippen LogP contribution in [0.25, 0.3) is 66.7 Å². The van der Waals surface area contributed by atoms with E-state index in [1.807, 2.05) is 24.4 Å². The summed E-state index contributed by atoms with van der Waals surface area (Å²) in [5, 5.41) is 2.36. The van der Waals surface area contributed by atoms with Gasteiger partial charge in [0.2, 0.25) is 0 Å². The van der Waals surface area contributed by atoms with Crippen LogP contribution in [0.15, 0.2) is 145 Å². The van der Waals surface area contributed by atoms with E-state index < -0.39 is 0 Å². The molecule has 0 N–H and O–H groups in total. The van der Waals surface area contributed by atoms with Crippen LogP contribution in [0, 0.1) is 0 Å². The van der Waals surface area contributed by atoms with Gasteiger partial charge in [0.1, 0.15) is 5.65 Å². The highest BCUT2D eigenvalue weighted by atomic mass is 15.0. The highest BCUT2D eigenvalue weighted by Crippen LogP contribution is 2.34. The zero-order valence-electron chi connectivity index (χ0n) is 23.8. The molecule has 0 unspecified atom stereocenters. The van der Waals surface area contributed by atoms with Crippen LogP contribution < -0.4 is 0 Å². The first-order valence-corrected chi connectivity index (χ1v) is 14.6. The van der Waals surface area contributed by atoms with Crippen LogP contribution in [0.3, 0.4) is 0 Å². The van der Waals surface area contributed by atoms with Gasteiger partial charge in [0.25, 0.3) is 0 Å². The molecule has 7 aromatic rings. The summed E-state index contributed by atoms with van der Waals surface area (Å²) in [5.74, 6) is 0. The Labute approximate surface area is 250 Å². The minimum absolute atomic E-state index is 0.861. The summed E-state index contributed by atoms with van der Waals surface area (Å²) in [5.41, 5.74) is 12.9. The van der Waals surface area contributed by atoms with Gasteiger partial charge in [-0.25, -0.2) is 9.97 Å². The number of aromatic nitrogens is 4. The molecule has 0 fully saturated rings. The summed E-state index contributed by atoms with van der Waals surface area (Å²) in [6, 6.07) is 36.2. The largest absolute Gasteiger partial charge is 0.299 e. The predicted molar refractivity (Wildman–Crippen MR) is 178 cm³/mol. The first-order chi connectivity index (χ1) is 21.2. The Bertz CT molecular complexity index is 2270. The SMILES string of the molecule is CC1=CC=CC=C(c2cc(-c3cccc(-c4ccc5nc6c7ccccc7ccn6c5c4)c3)cc(-c3ccccn3)n2)C1. The van der Waals surface area contributed by atoms with E-state index in [1.165, 1.54) is 16.5 Å². The van der Waals surface area contributed by atoms with Gasteiger partial charge in [-0.1, -0.05) is 84.5 Å². The van der Waals surface area contributed by atoms with Crippen molar-refractivity contribution in [2.75, 3.05) is 0 Å². The molecule has 4 heteroatoms. The van der Waals surface area contributed by atoms with Gasteiger partial charge < -0.3 is 0 Å². The first kappa shape index (κ1) is 25.1. The van der Waals surface area contributed by atoms with E-state index in [-0.39, 0.29) is 0 Å². The van der Waals surface area contributed by atoms with Gasteiger partial charge in [-0.15, -0.1) is 0 Å². The van der Waals surface area contributed by atoms with E-state index in [2.05, 4.69) is 132 Å². The Morgan fingerprint density at radius 1 is 0.628 bits per heavy atom. The lowest BCUT2D eigenvalue weighted by atomic mass is 9.96. The molecule has 43 heavy (non-hydrogen) atoms. The molecule has 3 aromatic carbocycles. The lowest BCUT2D eigenvalue weighted by Gasteiger charge is -2.13. The average Bonchev–Trinajstić information content (AvgIpc) is 3.30. The lowest BCUT2D eigenvalue weighted by molar-refractivity contribution is 1.17. The maximum absolute atomic E-state index is 5.09. The molecule has 4 heterocycles. The molecule has 0 atom stereocenters. The van der Waals surface area contributed by atoms with Gasteiger partial charge in [0.05, 0.1) is 28.1 Å². The lowest BCUT2D eigenvalue weighted by Crippen LogP contribution is -1.96. The van der Waals surface area contributed by atoms with Crippen LogP contribution in [-0.4, -0.2) is 19.4 Å². The molecule has 8 rings (SSSR count). The third kappa shape index (κ3) is 4.63. The first-order valence-electron chi connectivity index (χ1n) is 14.6. The number of fused-ring (bicyclic) bond motifs is 5. The molecular weight excluding hydrogens is 524 g/mol. The molecule has 0 saturated carbocycles. The molecule has 0 amide bonds. The number of allylic oxidation sites excluding steroid dienone is 6. The number of benzene rings is 3. The Morgan fingerprint density at radius 2 is 1.44 bits per heavy atom. The number of pyridine rings is 3. The molecule has 4 aromatic heterocycles. The van der Waals surface area contributed by atoms with Crippen LogP contribution in [0.4, 0.5) is 0 Å². The zero-order valence-corrected chi connectivity index (χ0v) is 23.8. The topological polar surface area (TPSA) is 43.1 Å². The van der Waals surface area contributed by atoms with E-state index in [0.717, 1.165) is 67.8 Å². The van der Waals surface area contributed by atoms with Crippen molar-refractivity contribution >= 4 is 33.0 Å². The summed E-state index contributed by atoms with van der Waals surface area (Å²) < 4.78 is 2.20. The van der Waals surface area contributed by atoms with Gasteiger partial charge in [0, 0.05) is 17.8 Å². The second-order valence-electron chi connectivity index (χ2n) is 11.1. The quantitative estimate of drug-likeness (QED) is 0.218. The fourth-order valence-electron chi connectivity index (χ4n) is 5.99. The Kier molecular flexibility index (Phi) is 6.04. The van der Waals surface area contributed by atoms with Crippen molar-refractivity contribution < 1.29 is 0 Å². The number of nitrogens with zero attached hydrogens (tertiary/aromatic N) is 4. The molecule has 1 aliphatic carbocycles. The molecule has 0 aliphatic heterocycles. The van der Waals surface area contributed by atoms with Gasteiger partial charge >= 0.3 is 0 Å². The summed E-state index contributed by atoms with van der Waals surface area (Å²) in [7, 11) is 0. The fraction of sp³-hybridized carbons (Fsp3) is 0.0513. The van der Waals surface area contributed by atoms with Crippen LogP contribution in [0.5, 0.6) is 0 Å². The van der Waals surface area contributed by atoms with Gasteiger partial charge in [-0.2, -0.15) is 0 Å². The van der Waals surface area contributed by atoms with Crippen molar-refractivity contribution in [2.45, 2.75) is 13.3 Å². The summed E-state index contributed by atoms with van der Waals surface area (Å²) >= 11 is 0. The molecule has 0 radical (unpaired) electrons. The second-order valence-corrected chi connectivity index (χ2v) is 11.1. The maximum atomic E-state index is 5.09. The number of imidazole rings is 1. The number of rotatable bonds is 4. The normalized spacial score (nSPS) is 13.3. The van der Waals surface area contributed by atoms with Crippen LogP contribution in [-0.2, 0) is 0 Å². The number of hydrogen-bond donors (Lipinski definition) is 0. The Morgan fingerprint density at radius 3 is 2.35 bits per heavy atom. The van der Waals surface area contributed by atoms with Crippen LogP contribution >= 0.6 is 0 Å². The molecule has 4 nitrogen and oxygen atoms in total. The summed E-state index contributed by atoms with van der Waals surface area (Å²) in [6.45, 7) is 2.17. The van der Waals surface area contributed by atoms with E-state index in [9.17, 15) is 0 Å². The van der Waals surface area contributed by atoms with Crippen molar-refractivity contribution in [3.05, 3.63) is 151 Å². The minimum atomic E-state index is 0.861. The van der Waals surface area contributed by atoms with E-state index >= 15 is 0 Å². The molecule has 1 aliphatic rings. The standard InChI is InChI=1S/C39H28N4/c1-26-9-2-3-11-31(21-26)36-23-32(24-37(41-36)34-15-6-7-19-40-34)29-13-8-12-28(22-29)30-16-17-35-38(25-30)43-20-18-27-10-4-5-14-33(27)39(43)42-35/h2-20,22-25H,21H2,1H3. The maximum Gasteiger partial charge on any atom is 0.145 e. The predicted octanol–water partition coefficient (Wildman–Crippen LogP) is 9.72. The fourth-order valence-corrected chi connectivity index (χ4v) is 5.99. The van der Waals surface area contributed by atoms with E-state index in [4.69, 9.17) is 9.97 Å².